The molecule has 0 aliphatic carbocycles. The van der Waals surface area contributed by atoms with Crippen LogP contribution in [0.15, 0.2) is 15.7 Å². The Morgan fingerprint density at radius 1 is 1.21 bits per heavy atom. The number of carbonyl (C=O) groups is 1. The van der Waals surface area contributed by atoms with E-state index >= 15 is 0 Å². The van der Waals surface area contributed by atoms with Crippen molar-refractivity contribution in [2.75, 3.05) is 39.4 Å². The molecule has 2 aliphatic heterocycles. The summed E-state index contributed by atoms with van der Waals surface area (Å²) in [6.45, 7) is 5.29. The van der Waals surface area contributed by atoms with E-state index < -0.39 is 10.0 Å². The first-order valence-corrected chi connectivity index (χ1v) is 10.8. The highest BCUT2D eigenvalue weighted by molar-refractivity contribution is 7.91. The van der Waals surface area contributed by atoms with Gasteiger partial charge in [-0.3, -0.25) is 4.79 Å². The van der Waals surface area contributed by atoms with Crippen LogP contribution in [0, 0.1) is 5.92 Å². The first-order valence-electron chi connectivity index (χ1n) is 8.44. The SMILES string of the molecule is CC1CCCN(C(=O)c2csc(S(=O)(=O)N3CCOCC3)c2)CC1. The van der Waals surface area contributed by atoms with Gasteiger partial charge in [0.1, 0.15) is 4.21 Å². The average molecular weight is 373 g/mol. The summed E-state index contributed by atoms with van der Waals surface area (Å²) < 4.78 is 32.2. The van der Waals surface area contributed by atoms with Crippen LogP contribution in [0.3, 0.4) is 0 Å². The lowest BCUT2D eigenvalue weighted by Gasteiger charge is -2.25. The minimum absolute atomic E-state index is 0.0521. The third-order valence-electron chi connectivity index (χ3n) is 4.69. The number of ether oxygens (including phenoxy) is 1. The molecular weight excluding hydrogens is 348 g/mol. The second-order valence-corrected chi connectivity index (χ2v) is 9.58. The zero-order valence-electron chi connectivity index (χ0n) is 13.9. The van der Waals surface area contributed by atoms with Crippen molar-refractivity contribution in [2.45, 2.75) is 30.4 Å². The Bertz CT molecular complexity index is 680. The summed E-state index contributed by atoms with van der Waals surface area (Å²) >= 11 is 1.13. The van der Waals surface area contributed by atoms with Crippen molar-refractivity contribution < 1.29 is 17.9 Å². The van der Waals surface area contributed by atoms with Crippen LogP contribution in [0.4, 0.5) is 0 Å². The van der Waals surface area contributed by atoms with Crippen molar-refractivity contribution in [1.82, 2.24) is 9.21 Å². The number of rotatable bonds is 3. The summed E-state index contributed by atoms with van der Waals surface area (Å²) in [4.78, 5) is 14.5. The van der Waals surface area contributed by atoms with Gasteiger partial charge in [0.2, 0.25) is 0 Å². The predicted molar refractivity (Wildman–Crippen MR) is 92.8 cm³/mol. The maximum atomic E-state index is 12.7. The molecule has 2 fully saturated rings. The fourth-order valence-electron chi connectivity index (χ4n) is 3.13. The number of hydrogen-bond acceptors (Lipinski definition) is 5. The van der Waals surface area contributed by atoms with Crippen molar-refractivity contribution in [3.63, 3.8) is 0 Å². The van der Waals surface area contributed by atoms with E-state index in [0.717, 1.165) is 43.7 Å². The highest BCUT2D eigenvalue weighted by Gasteiger charge is 2.29. The number of likely N-dealkylation sites (tertiary alicyclic amines) is 1. The smallest absolute Gasteiger partial charge is 0.254 e. The van der Waals surface area contributed by atoms with Gasteiger partial charge in [-0.1, -0.05) is 6.92 Å². The van der Waals surface area contributed by atoms with Crippen molar-refractivity contribution in [1.29, 1.82) is 0 Å². The maximum Gasteiger partial charge on any atom is 0.254 e. The van der Waals surface area contributed by atoms with Gasteiger partial charge < -0.3 is 9.64 Å². The molecule has 0 aromatic carbocycles. The fourth-order valence-corrected chi connectivity index (χ4v) is 5.84. The number of hydrogen-bond donors (Lipinski definition) is 0. The Morgan fingerprint density at radius 3 is 2.71 bits per heavy atom. The van der Waals surface area contributed by atoms with E-state index in [4.69, 9.17) is 4.74 Å². The Balaban J connectivity index is 1.73. The molecule has 0 bridgehead atoms. The molecule has 8 heteroatoms. The molecular formula is C16H24N2O4S2. The van der Waals surface area contributed by atoms with Gasteiger partial charge >= 0.3 is 0 Å². The normalized spacial score (nSPS) is 23.9. The third kappa shape index (κ3) is 3.82. The summed E-state index contributed by atoms with van der Waals surface area (Å²) in [6.07, 6.45) is 3.16. The summed E-state index contributed by atoms with van der Waals surface area (Å²) in [5.74, 6) is 0.589. The molecule has 0 saturated carbocycles. The zero-order chi connectivity index (χ0) is 17.2. The molecule has 2 saturated heterocycles. The number of carbonyl (C=O) groups excluding carboxylic acids is 1. The van der Waals surface area contributed by atoms with Crippen LogP contribution in [-0.2, 0) is 14.8 Å². The Morgan fingerprint density at radius 2 is 1.96 bits per heavy atom. The fraction of sp³-hybridized carbons (Fsp3) is 0.688. The van der Waals surface area contributed by atoms with Crippen molar-refractivity contribution in [2.24, 2.45) is 5.92 Å². The van der Waals surface area contributed by atoms with E-state index in [1.165, 1.54) is 10.4 Å². The van der Waals surface area contributed by atoms with Crippen LogP contribution >= 0.6 is 11.3 Å². The number of morpholine rings is 1. The quantitative estimate of drug-likeness (QED) is 0.814. The Labute approximate surface area is 147 Å². The molecule has 1 amide bonds. The van der Waals surface area contributed by atoms with E-state index in [1.54, 1.807) is 5.38 Å². The topological polar surface area (TPSA) is 66.9 Å². The zero-order valence-corrected chi connectivity index (χ0v) is 15.6. The van der Waals surface area contributed by atoms with E-state index in [1.807, 2.05) is 4.90 Å². The number of nitrogens with zero attached hydrogens (tertiary/aromatic N) is 2. The van der Waals surface area contributed by atoms with Crippen LogP contribution in [0.1, 0.15) is 36.5 Å². The molecule has 134 valence electrons. The molecule has 2 aliphatic rings. The van der Waals surface area contributed by atoms with Crippen LogP contribution in [0.2, 0.25) is 0 Å². The lowest BCUT2D eigenvalue weighted by molar-refractivity contribution is 0.0730. The van der Waals surface area contributed by atoms with Crippen molar-refractivity contribution >= 4 is 27.3 Å². The molecule has 6 nitrogen and oxygen atoms in total. The molecule has 1 aromatic heterocycles. The molecule has 0 spiro atoms. The lowest BCUT2D eigenvalue weighted by Crippen LogP contribution is -2.40. The van der Waals surface area contributed by atoms with Gasteiger partial charge in [0.25, 0.3) is 15.9 Å². The highest BCUT2D eigenvalue weighted by atomic mass is 32.2. The third-order valence-corrected chi connectivity index (χ3v) is 8.00. The second kappa shape index (κ2) is 7.51. The first-order chi connectivity index (χ1) is 11.5. The van der Waals surface area contributed by atoms with Gasteiger partial charge in [0.05, 0.1) is 18.8 Å². The lowest BCUT2D eigenvalue weighted by atomic mass is 10.0. The minimum atomic E-state index is -3.52. The van der Waals surface area contributed by atoms with Gasteiger partial charge in [0, 0.05) is 31.6 Å². The van der Waals surface area contributed by atoms with Crippen LogP contribution in [-0.4, -0.2) is 62.9 Å². The van der Waals surface area contributed by atoms with Crippen LogP contribution < -0.4 is 0 Å². The van der Waals surface area contributed by atoms with Gasteiger partial charge in [-0.05, 0) is 31.2 Å². The number of amides is 1. The van der Waals surface area contributed by atoms with Crippen LogP contribution in [0.25, 0.3) is 0 Å². The molecule has 1 aromatic rings. The molecule has 0 N–H and O–H groups in total. The summed E-state index contributed by atoms with van der Waals surface area (Å²) in [5, 5.41) is 1.67. The molecule has 24 heavy (non-hydrogen) atoms. The molecule has 0 radical (unpaired) electrons. The van der Waals surface area contributed by atoms with E-state index in [-0.39, 0.29) is 10.1 Å². The summed E-state index contributed by atoms with van der Waals surface area (Å²) in [7, 11) is -3.52. The largest absolute Gasteiger partial charge is 0.379 e. The van der Waals surface area contributed by atoms with E-state index in [9.17, 15) is 13.2 Å². The molecule has 3 heterocycles. The summed E-state index contributed by atoms with van der Waals surface area (Å²) in [5.41, 5.74) is 0.487. The average Bonchev–Trinajstić information content (AvgIpc) is 2.99. The maximum absolute atomic E-state index is 12.7. The van der Waals surface area contributed by atoms with E-state index in [2.05, 4.69) is 6.92 Å². The van der Waals surface area contributed by atoms with Crippen LogP contribution in [0.5, 0.6) is 0 Å². The Kier molecular flexibility index (Phi) is 5.59. The van der Waals surface area contributed by atoms with Gasteiger partial charge in [-0.15, -0.1) is 11.3 Å². The van der Waals surface area contributed by atoms with Crippen molar-refractivity contribution in [3.05, 3.63) is 17.0 Å². The monoisotopic (exact) mass is 372 g/mol. The molecule has 1 unspecified atom stereocenters. The number of sulfonamides is 1. The standard InChI is InChI=1S/C16H24N2O4S2/c1-13-3-2-5-17(6-4-13)16(19)14-11-15(23-12-14)24(20,21)18-7-9-22-10-8-18/h11-13H,2-10H2,1H3. The summed E-state index contributed by atoms with van der Waals surface area (Å²) in [6, 6.07) is 1.53. The van der Waals surface area contributed by atoms with E-state index in [0.29, 0.717) is 37.8 Å². The predicted octanol–water partition coefficient (Wildman–Crippen LogP) is 2.03. The minimum Gasteiger partial charge on any atom is -0.379 e. The van der Waals surface area contributed by atoms with Crippen molar-refractivity contribution in [3.8, 4) is 0 Å². The highest BCUT2D eigenvalue weighted by Crippen LogP contribution is 2.26. The molecule has 1 atom stereocenters. The first kappa shape index (κ1) is 17.8. The molecule has 3 rings (SSSR count). The van der Waals surface area contributed by atoms with Gasteiger partial charge in [0.15, 0.2) is 0 Å². The van der Waals surface area contributed by atoms with Gasteiger partial charge in [-0.2, -0.15) is 4.31 Å². The Hall–Kier alpha value is -0.960. The number of thiophene rings is 1. The van der Waals surface area contributed by atoms with Gasteiger partial charge in [-0.25, -0.2) is 8.42 Å². The second-order valence-electron chi connectivity index (χ2n) is 6.50.